The molecule has 19 heavy (non-hydrogen) atoms. The molecule has 6 nitrogen and oxygen atoms in total. The zero-order valence-electron chi connectivity index (χ0n) is 12.0. The predicted molar refractivity (Wildman–Crippen MR) is 78.0 cm³/mol. The third kappa shape index (κ3) is 4.47. The van der Waals surface area contributed by atoms with E-state index >= 15 is 0 Å². The minimum Gasteiger partial charge on any atom is -0.383 e. The standard InChI is InChI=1S/C12H22ClN5O/c1-5-9(6-2)18(7-8-19-4)12-16-10(13)15-11(14-3)17-12/h9H,5-8H2,1-4H3,(H,14,15,16,17). The van der Waals surface area contributed by atoms with Gasteiger partial charge >= 0.3 is 0 Å². The van der Waals surface area contributed by atoms with Gasteiger partial charge in [-0.2, -0.15) is 15.0 Å². The molecule has 7 heteroatoms. The van der Waals surface area contributed by atoms with E-state index in [0.29, 0.717) is 24.5 Å². The average Bonchev–Trinajstić information content (AvgIpc) is 2.42. The van der Waals surface area contributed by atoms with E-state index in [4.69, 9.17) is 16.3 Å². The molecule has 1 rings (SSSR count). The maximum atomic E-state index is 5.94. The molecule has 0 aliphatic carbocycles. The van der Waals surface area contributed by atoms with Crippen molar-refractivity contribution in [2.45, 2.75) is 32.7 Å². The molecule has 0 fully saturated rings. The number of nitrogens with one attached hydrogen (secondary N) is 1. The Hall–Kier alpha value is -1.14. The lowest BCUT2D eigenvalue weighted by molar-refractivity contribution is 0.202. The first kappa shape index (κ1) is 15.9. The van der Waals surface area contributed by atoms with Gasteiger partial charge < -0.3 is 15.0 Å². The second kappa shape index (κ2) is 8.12. The number of methoxy groups -OCH3 is 1. The Kier molecular flexibility index (Phi) is 6.80. The molecule has 0 saturated carbocycles. The topological polar surface area (TPSA) is 63.2 Å². The van der Waals surface area contributed by atoms with Crippen LogP contribution >= 0.6 is 11.6 Å². The van der Waals surface area contributed by atoms with Gasteiger partial charge in [-0.25, -0.2) is 0 Å². The molecule has 0 aliphatic heterocycles. The highest BCUT2D eigenvalue weighted by atomic mass is 35.5. The molecular weight excluding hydrogens is 266 g/mol. The number of halogens is 1. The molecule has 0 unspecified atom stereocenters. The maximum Gasteiger partial charge on any atom is 0.231 e. The number of hydrogen-bond donors (Lipinski definition) is 1. The lowest BCUT2D eigenvalue weighted by Crippen LogP contribution is -2.38. The summed E-state index contributed by atoms with van der Waals surface area (Å²) in [6.45, 7) is 5.65. The minimum absolute atomic E-state index is 0.197. The van der Waals surface area contributed by atoms with Gasteiger partial charge in [-0.1, -0.05) is 13.8 Å². The molecule has 1 aromatic heterocycles. The van der Waals surface area contributed by atoms with Gasteiger partial charge in [0, 0.05) is 26.7 Å². The lowest BCUT2D eigenvalue weighted by Gasteiger charge is -2.30. The molecule has 0 saturated heterocycles. The molecule has 108 valence electrons. The molecule has 1 heterocycles. The van der Waals surface area contributed by atoms with Gasteiger partial charge in [-0.15, -0.1) is 0 Å². The Balaban J connectivity index is 3.04. The zero-order chi connectivity index (χ0) is 14.3. The molecule has 0 radical (unpaired) electrons. The van der Waals surface area contributed by atoms with Crippen LogP contribution < -0.4 is 10.2 Å². The molecule has 0 bridgehead atoms. The van der Waals surface area contributed by atoms with Gasteiger partial charge in [-0.3, -0.25) is 0 Å². The Labute approximate surface area is 119 Å². The summed E-state index contributed by atoms with van der Waals surface area (Å²) in [5.41, 5.74) is 0. The van der Waals surface area contributed by atoms with Crippen molar-refractivity contribution >= 4 is 23.5 Å². The Morgan fingerprint density at radius 3 is 2.47 bits per heavy atom. The number of hydrogen-bond acceptors (Lipinski definition) is 6. The van der Waals surface area contributed by atoms with Crippen LogP contribution in [0.5, 0.6) is 0 Å². The summed E-state index contributed by atoms with van der Waals surface area (Å²) in [7, 11) is 3.44. The van der Waals surface area contributed by atoms with Gasteiger partial charge in [0.25, 0.3) is 0 Å². The van der Waals surface area contributed by atoms with Crippen LogP contribution in [-0.4, -0.2) is 48.3 Å². The number of rotatable bonds is 8. The fraction of sp³-hybridized carbons (Fsp3) is 0.750. The Bertz CT molecular complexity index is 386. The van der Waals surface area contributed by atoms with Gasteiger partial charge in [0.05, 0.1) is 6.61 Å². The summed E-state index contributed by atoms with van der Waals surface area (Å²) >= 11 is 5.94. The van der Waals surface area contributed by atoms with Gasteiger partial charge in [0.1, 0.15) is 0 Å². The fourth-order valence-electron chi connectivity index (χ4n) is 1.94. The lowest BCUT2D eigenvalue weighted by atomic mass is 10.1. The molecule has 0 atom stereocenters. The van der Waals surface area contributed by atoms with E-state index in [0.717, 1.165) is 19.4 Å². The first-order valence-corrected chi connectivity index (χ1v) is 6.88. The normalized spacial score (nSPS) is 10.8. The van der Waals surface area contributed by atoms with Gasteiger partial charge in [0.15, 0.2) is 0 Å². The molecule has 0 spiro atoms. The van der Waals surface area contributed by atoms with Crippen LogP contribution in [0.2, 0.25) is 5.28 Å². The first-order valence-electron chi connectivity index (χ1n) is 6.51. The van der Waals surface area contributed by atoms with E-state index in [1.165, 1.54) is 0 Å². The first-order chi connectivity index (χ1) is 9.15. The highest BCUT2D eigenvalue weighted by Crippen LogP contribution is 2.19. The predicted octanol–water partition coefficient (Wildman–Crippen LogP) is 2.21. The summed E-state index contributed by atoms with van der Waals surface area (Å²) < 4.78 is 5.16. The van der Waals surface area contributed by atoms with Crippen molar-refractivity contribution in [1.29, 1.82) is 0 Å². The third-order valence-electron chi connectivity index (χ3n) is 3.00. The number of ether oxygens (including phenoxy) is 1. The van der Waals surface area contributed by atoms with E-state index in [1.54, 1.807) is 14.2 Å². The molecular formula is C12H22ClN5O. The molecule has 0 amide bonds. The summed E-state index contributed by atoms with van der Waals surface area (Å²) in [5.74, 6) is 1.07. The number of aromatic nitrogens is 3. The van der Waals surface area contributed by atoms with Crippen molar-refractivity contribution in [2.24, 2.45) is 0 Å². The third-order valence-corrected chi connectivity index (χ3v) is 3.17. The highest BCUT2D eigenvalue weighted by Gasteiger charge is 2.19. The molecule has 0 aromatic carbocycles. The van der Waals surface area contributed by atoms with E-state index in [-0.39, 0.29) is 5.28 Å². The van der Waals surface area contributed by atoms with E-state index in [9.17, 15) is 0 Å². The van der Waals surface area contributed by atoms with Crippen molar-refractivity contribution in [3.05, 3.63) is 5.28 Å². The summed E-state index contributed by atoms with van der Waals surface area (Å²) in [6.07, 6.45) is 2.02. The van der Waals surface area contributed by atoms with Gasteiger partial charge in [-0.05, 0) is 24.4 Å². The maximum absolute atomic E-state index is 5.94. The van der Waals surface area contributed by atoms with Crippen molar-refractivity contribution in [1.82, 2.24) is 15.0 Å². The van der Waals surface area contributed by atoms with E-state index < -0.39 is 0 Å². The smallest absolute Gasteiger partial charge is 0.231 e. The Morgan fingerprint density at radius 2 is 1.95 bits per heavy atom. The van der Waals surface area contributed by atoms with Crippen molar-refractivity contribution in [3.8, 4) is 0 Å². The quantitative estimate of drug-likeness (QED) is 0.791. The van der Waals surface area contributed by atoms with Crippen LogP contribution in [0, 0.1) is 0 Å². The van der Waals surface area contributed by atoms with Crippen molar-refractivity contribution in [2.75, 3.05) is 37.5 Å². The van der Waals surface area contributed by atoms with E-state index in [2.05, 4.69) is 39.0 Å². The number of nitrogens with zero attached hydrogens (tertiary/aromatic N) is 4. The number of anilines is 2. The average molecular weight is 288 g/mol. The SMILES string of the molecule is CCC(CC)N(CCOC)c1nc(Cl)nc(NC)n1. The Morgan fingerprint density at radius 1 is 1.26 bits per heavy atom. The summed E-state index contributed by atoms with van der Waals surface area (Å²) in [4.78, 5) is 14.7. The van der Waals surface area contributed by atoms with Gasteiger partial charge in [0.2, 0.25) is 17.2 Å². The van der Waals surface area contributed by atoms with Crippen LogP contribution in [0.15, 0.2) is 0 Å². The summed E-state index contributed by atoms with van der Waals surface area (Å²) in [6, 6.07) is 0.360. The van der Waals surface area contributed by atoms with Crippen LogP contribution in [-0.2, 0) is 4.74 Å². The molecule has 0 aliphatic rings. The summed E-state index contributed by atoms with van der Waals surface area (Å²) in [5, 5.41) is 3.09. The van der Waals surface area contributed by atoms with E-state index in [1.807, 2.05) is 0 Å². The van der Waals surface area contributed by atoms with Crippen LogP contribution in [0.4, 0.5) is 11.9 Å². The van der Waals surface area contributed by atoms with Crippen molar-refractivity contribution in [3.63, 3.8) is 0 Å². The molecule has 1 N–H and O–H groups in total. The largest absolute Gasteiger partial charge is 0.383 e. The fourth-order valence-corrected chi connectivity index (χ4v) is 2.10. The van der Waals surface area contributed by atoms with Crippen LogP contribution in [0.25, 0.3) is 0 Å². The minimum atomic E-state index is 0.197. The van der Waals surface area contributed by atoms with Crippen LogP contribution in [0.3, 0.4) is 0 Å². The second-order valence-electron chi connectivity index (χ2n) is 4.13. The monoisotopic (exact) mass is 287 g/mol. The van der Waals surface area contributed by atoms with Crippen molar-refractivity contribution < 1.29 is 4.74 Å². The zero-order valence-corrected chi connectivity index (χ0v) is 12.7. The molecule has 1 aromatic rings. The second-order valence-corrected chi connectivity index (χ2v) is 4.47. The highest BCUT2D eigenvalue weighted by molar-refractivity contribution is 6.28. The van der Waals surface area contributed by atoms with Crippen LogP contribution in [0.1, 0.15) is 26.7 Å².